The summed E-state index contributed by atoms with van der Waals surface area (Å²) in [4.78, 5) is 38.8. The van der Waals surface area contributed by atoms with Crippen LogP contribution in [-0.2, 0) is 17.8 Å². The number of pyridine rings is 1. The number of amides is 1. The summed E-state index contributed by atoms with van der Waals surface area (Å²) < 4.78 is 21.1. The monoisotopic (exact) mass is 472 g/mol. The largest absolute Gasteiger partial charge is 0.503 e. The lowest BCUT2D eigenvalue weighted by atomic mass is 9.64. The Morgan fingerprint density at radius 3 is 2.79 bits per heavy atom. The normalized spacial score (nSPS) is 25.3. The Bertz CT molecular complexity index is 1310. The summed E-state index contributed by atoms with van der Waals surface area (Å²) >= 11 is 5.77. The maximum absolute atomic E-state index is 14.1. The van der Waals surface area contributed by atoms with Crippen molar-refractivity contribution < 1.29 is 23.8 Å². The number of carbonyl (C=O) groups excluding carboxylic acids is 2. The molecule has 2 heterocycles. The third-order valence-electron chi connectivity index (χ3n) is 7.12. The summed E-state index contributed by atoms with van der Waals surface area (Å²) in [5.74, 6) is -2.55. The van der Waals surface area contributed by atoms with Gasteiger partial charge in [-0.2, -0.15) is 0 Å². The van der Waals surface area contributed by atoms with E-state index in [1.54, 1.807) is 13.2 Å². The van der Waals surface area contributed by atoms with E-state index >= 15 is 0 Å². The zero-order chi connectivity index (χ0) is 23.7. The van der Waals surface area contributed by atoms with Crippen LogP contribution < -0.4 is 10.7 Å². The van der Waals surface area contributed by atoms with Crippen molar-refractivity contribution in [3.8, 4) is 5.75 Å². The summed E-state index contributed by atoms with van der Waals surface area (Å²) in [7, 11) is 1.65. The number of Topliss-reactive ketones (excluding diaryl/α,β-unsaturated/α-hetero) is 1. The zero-order valence-electron chi connectivity index (χ0n) is 18.1. The van der Waals surface area contributed by atoms with Crippen molar-refractivity contribution in [1.29, 1.82) is 0 Å². The predicted molar refractivity (Wildman–Crippen MR) is 118 cm³/mol. The first kappa shape index (κ1) is 21.9. The van der Waals surface area contributed by atoms with Crippen molar-refractivity contribution >= 4 is 23.3 Å². The molecule has 2 aliphatic carbocycles. The van der Waals surface area contributed by atoms with Gasteiger partial charge in [-0.15, -0.1) is 0 Å². The molecule has 1 aromatic heterocycles. The molecule has 5 rings (SSSR count). The van der Waals surface area contributed by atoms with E-state index in [1.165, 1.54) is 22.9 Å². The number of hydrogen-bond donors (Lipinski definition) is 2. The molecule has 2 aromatic rings. The molecule has 1 fully saturated rings. The molecule has 0 saturated heterocycles. The third-order valence-corrected chi connectivity index (χ3v) is 7.41. The summed E-state index contributed by atoms with van der Waals surface area (Å²) in [6, 6.07) is 4.41. The second-order valence-electron chi connectivity index (χ2n) is 9.02. The minimum atomic E-state index is -0.937. The Morgan fingerprint density at radius 2 is 2.09 bits per heavy atom. The number of aromatic hydroxyl groups is 1. The molecule has 1 spiro atoms. The number of ether oxygens (including phenoxy) is 1. The number of hydrogen-bond acceptors (Lipinski definition) is 5. The van der Waals surface area contributed by atoms with Crippen molar-refractivity contribution in [2.45, 2.75) is 39.0 Å². The standard InChI is InChI=1S/C24H22ClFN2O5/c1-11-16-17(11)24(6-13(7-24)33-2)10-28-9-14(20(29)22(31)19(28)21(16)30)23(32)27-8-12-4-3-5-15(25)18(12)26/h3-5,9,11,13,31H,6-8,10H2,1-2H3,(H,27,32). The molecule has 0 bridgehead atoms. The summed E-state index contributed by atoms with van der Waals surface area (Å²) in [5, 5.41) is 13.1. The van der Waals surface area contributed by atoms with Crippen molar-refractivity contribution in [1.82, 2.24) is 9.88 Å². The Hall–Kier alpha value is -2.97. The van der Waals surface area contributed by atoms with E-state index in [0.717, 1.165) is 18.4 Å². The highest BCUT2D eigenvalue weighted by Crippen LogP contribution is 2.62. The Balaban J connectivity index is 1.48. The van der Waals surface area contributed by atoms with Gasteiger partial charge < -0.3 is 19.7 Å². The molecule has 7 nitrogen and oxygen atoms in total. The van der Waals surface area contributed by atoms with Gasteiger partial charge in [0.25, 0.3) is 5.91 Å². The number of carbonyl (C=O) groups is 2. The van der Waals surface area contributed by atoms with E-state index in [-0.39, 0.29) is 51.6 Å². The van der Waals surface area contributed by atoms with Gasteiger partial charge in [-0.05, 0) is 24.5 Å². The van der Waals surface area contributed by atoms with Gasteiger partial charge in [-0.1, -0.05) is 30.7 Å². The number of methoxy groups -OCH3 is 1. The van der Waals surface area contributed by atoms with Crippen LogP contribution in [0.1, 0.15) is 46.2 Å². The van der Waals surface area contributed by atoms with Crippen LogP contribution in [0.5, 0.6) is 5.75 Å². The fraction of sp³-hybridized carbons (Fsp3) is 0.375. The number of rotatable bonds is 4. The number of aromatic nitrogens is 1. The highest BCUT2D eigenvalue weighted by atomic mass is 35.5. The molecule has 2 N–H and O–H groups in total. The van der Waals surface area contributed by atoms with E-state index in [1.807, 2.05) is 6.92 Å². The maximum atomic E-state index is 14.1. The summed E-state index contributed by atoms with van der Waals surface area (Å²) in [5.41, 5.74) is 0.211. The fourth-order valence-electron chi connectivity index (χ4n) is 5.40. The van der Waals surface area contributed by atoms with Gasteiger partial charge in [0.1, 0.15) is 17.1 Å². The molecule has 172 valence electrons. The molecular weight excluding hydrogens is 451 g/mol. The van der Waals surface area contributed by atoms with Crippen LogP contribution in [0.25, 0.3) is 0 Å². The molecule has 1 aliphatic heterocycles. The number of nitrogens with one attached hydrogen (secondary N) is 1. The maximum Gasteiger partial charge on any atom is 0.257 e. The first-order valence-electron chi connectivity index (χ1n) is 10.7. The minimum absolute atomic E-state index is 0.00845. The van der Waals surface area contributed by atoms with E-state index in [2.05, 4.69) is 5.32 Å². The van der Waals surface area contributed by atoms with Gasteiger partial charge in [0.15, 0.2) is 5.75 Å². The van der Waals surface area contributed by atoms with Gasteiger partial charge in [0, 0.05) is 48.9 Å². The van der Waals surface area contributed by atoms with Crippen molar-refractivity contribution in [2.75, 3.05) is 7.11 Å². The van der Waals surface area contributed by atoms with Crippen molar-refractivity contribution in [3.63, 3.8) is 0 Å². The smallest absolute Gasteiger partial charge is 0.257 e. The molecule has 3 aliphatic rings. The summed E-state index contributed by atoms with van der Waals surface area (Å²) in [6.45, 7) is 2.11. The average Bonchev–Trinajstić information content (AvgIpc) is 3.46. The Morgan fingerprint density at radius 1 is 1.36 bits per heavy atom. The zero-order valence-corrected chi connectivity index (χ0v) is 18.8. The third kappa shape index (κ3) is 3.23. The Labute approximate surface area is 193 Å². The number of nitrogens with zero attached hydrogens (tertiary/aromatic N) is 1. The van der Waals surface area contributed by atoms with Gasteiger partial charge in [0.05, 0.1) is 11.1 Å². The molecule has 1 amide bonds. The first-order valence-corrected chi connectivity index (χ1v) is 11.1. The van der Waals surface area contributed by atoms with Crippen LogP contribution in [0.4, 0.5) is 4.39 Å². The van der Waals surface area contributed by atoms with Crippen molar-refractivity contribution in [3.05, 3.63) is 73.4 Å². The predicted octanol–water partition coefficient (Wildman–Crippen LogP) is 3.21. The van der Waals surface area contributed by atoms with Gasteiger partial charge >= 0.3 is 0 Å². The van der Waals surface area contributed by atoms with E-state index in [9.17, 15) is 23.9 Å². The average molecular weight is 473 g/mol. The van der Waals surface area contributed by atoms with Crippen LogP contribution in [0.3, 0.4) is 0 Å². The SMILES string of the molecule is COC1CC2(C1)Cn1cc(C(=O)NCc3cccc(Cl)c3F)c(=O)c(O)c1C(=O)C1=C2C1C. The van der Waals surface area contributed by atoms with Crippen LogP contribution in [0.2, 0.25) is 5.02 Å². The number of allylic oxidation sites excluding steroid dienone is 2. The van der Waals surface area contributed by atoms with Gasteiger partial charge in [-0.3, -0.25) is 14.4 Å². The van der Waals surface area contributed by atoms with E-state index < -0.39 is 22.9 Å². The van der Waals surface area contributed by atoms with Gasteiger partial charge in [0.2, 0.25) is 11.2 Å². The molecular formula is C24H22ClFN2O5. The second kappa shape index (κ2) is 7.53. The lowest BCUT2D eigenvalue weighted by Gasteiger charge is -2.47. The topological polar surface area (TPSA) is 97.6 Å². The fourth-order valence-corrected chi connectivity index (χ4v) is 5.59. The molecule has 33 heavy (non-hydrogen) atoms. The first-order chi connectivity index (χ1) is 15.7. The number of halogens is 2. The van der Waals surface area contributed by atoms with Crippen molar-refractivity contribution in [2.24, 2.45) is 11.3 Å². The van der Waals surface area contributed by atoms with Gasteiger partial charge in [-0.25, -0.2) is 4.39 Å². The molecule has 1 aromatic carbocycles. The molecule has 0 radical (unpaired) electrons. The second-order valence-corrected chi connectivity index (χ2v) is 9.42. The van der Waals surface area contributed by atoms with Crippen LogP contribution >= 0.6 is 11.6 Å². The van der Waals surface area contributed by atoms with Crippen LogP contribution in [-0.4, -0.2) is 34.6 Å². The van der Waals surface area contributed by atoms with E-state index in [0.29, 0.717) is 12.1 Å². The minimum Gasteiger partial charge on any atom is -0.503 e. The number of ketones is 1. The van der Waals surface area contributed by atoms with Crippen LogP contribution in [0, 0.1) is 17.2 Å². The molecule has 1 saturated carbocycles. The molecule has 1 atom stereocenters. The lowest BCUT2D eigenvalue weighted by molar-refractivity contribution is -0.0471. The molecule has 1 unspecified atom stereocenters. The van der Waals surface area contributed by atoms with E-state index in [4.69, 9.17) is 16.3 Å². The Kier molecular flexibility index (Phi) is 4.99. The number of benzene rings is 1. The highest BCUT2D eigenvalue weighted by Gasteiger charge is 2.59. The summed E-state index contributed by atoms with van der Waals surface area (Å²) in [6.07, 6.45) is 2.84. The molecule has 9 heteroatoms. The highest BCUT2D eigenvalue weighted by molar-refractivity contribution is 6.30. The van der Waals surface area contributed by atoms with Crippen LogP contribution in [0.15, 0.2) is 40.3 Å². The number of fused-ring (bicyclic) bond motifs is 2. The quantitative estimate of drug-likeness (QED) is 0.712. The lowest BCUT2D eigenvalue weighted by Crippen LogP contribution is -2.45.